The normalized spacial score (nSPS) is 11.1. The van der Waals surface area contributed by atoms with Crippen LogP contribution in [0.15, 0.2) is 77.7 Å². The van der Waals surface area contributed by atoms with Crippen LogP contribution in [0.3, 0.4) is 0 Å². The Kier molecular flexibility index (Phi) is 6.90. The van der Waals surface area contributed by atoms with Crippen molar-refractivity contribution in [2.75, 3.05) is 11.3 Å². The van der Waals surface area contributed by atoms with Crippen LogP contribution < -0.4 is 10.0 Å². The molecular weight excluding hydrogens is 396 g/mol. The fourth-order valence-corrected chi connectivity index (χ4v) is 4.03. The van der Waals surface area contributed by atoms with E-state index in [1.54, 1.807) is 48.5 Å². The van der Waals surface area contributed by atoms with Crippen molar-refractivity contribution in [1.82, 2.24) is 5.32 Å². The van der Waals surface area contributed by atoms with Gasteiger partial charge in [0.25, 0.3) is 15.9 Å². The highest BCUT2D eigenvalue weighted by atomic mass is 32.2. The molecule has 2 N–H and O–H groups in total. The number of amides is 1. The van der Waals surface area contributed by atoms with Crippen LogP contribution in [0.2, 0.25) is 0 Å². The zero-order chi connectivity index (χ0) is 21.6. The van der Waals surface area contributed by atoms with Gasteiger partial charge >= 0.3 is 0 Å². The van der Waals surface area contributed by atoms with Crippen LogP contribution in [-0.4, -0.2) is 20.9 Å². The Balaban J connectivity index is 1.51. The van der Waals surface area contributed by atoms with Crippen LogP contribution in [0.4, 0.5) is 5.69 Å². The van der Waals surface area contributed by atoms with Crippen LogP contribution in [0.25, 0.3) is 0 Å². The molecule has 6 heteroatoms. The molecule has 0 radical (unpaired) electrons. The number of aryl methyl sites for hydroxylation is 3. The third kappa shape index (κ3) is 5.94. The van der Waals surface area contributed by atoms with E-state index in [1.165, 1.54) is 11.1 Å². The lowest BCUT2D eigenvalue weighted by Crippen LogP contribution is -2.24. The largest absolute Gasteiger partial charge is 0.352 e. The van der Waals surface area contributed by atoms with Crippen molar-refractivity contribution in [3.05, 3.63) is 95.1 Å². The molecule has 3 aromatic rings. The minimum Gasteiger partial charge on any atom is -0.352 e. The minimum atomic E-state index is -3.66. The summed E-state index contributed by atoms with van der Waals surface area (Å²) in [5, 5.41) is 2.90. The van der Waals surface area contributed by atoms with Gasteiger partial charge in [-0.3, -0.25) is 9.52 Å². The maximum atomic E-state index is 12.5. The summed E-state index contributed by atoms with van der Waals surface area (Å²) in [5.41, 5.74) is 4.37. The molecule has 0 aliphatic rings. The maximum absolute atomic E-state index is 12.5. The molecule has 5 nitrogen and oxygen atoms in total. The van der Waals surface area contributed by atoms with Gasteiger partial charge < -0.3 is 5.32 Å². The van der Waals surface area contributed by atoms with E-state index in [2.05, 4.69) is 41.2 Å². The zero-order valence-corrected chi connectivity index (χ0v) is 18.0. The van der Waals surface area contributed by atoms with Crippen LogP contribution in [0.1, 0.15) is 33.5 Å². The maximum Gasteiger partial charge on any atom is 0.261 e. The van der Waals surface area contributed by atoms with Crippen molar-refractivity contribution in [3.8, 4) is 0 Å². The molecule has 0 aliphatic carbocycles. The van der Waals surface area contributed by atoms with E-state index in [0.717, 1.165) is 18.4 Å². The second kappa shape index (κ2) is 9.59. The average Bonchev–Trinajstić information content (AvgIpc) is 2.73. The second-order valence-corrected chi connectivity index (χ2v) is 9.02. The molecule has 0 bridgehead atoms. The van der Waals surface area contributed by atoms with Crippen LogP contribution in [0, 0.1) is 13.8 Å². The van der Waals surface area contributed by atoms with Gasteiger partial charge in [-0.2, -0.15) is 0 Å². The highest BCUT2D eigenvalue weighted by molar-refractivity contribution is 7.92. The van der Waals surface area contributed by atoms with Gasteiger partial charge in [0.1, 0.15) is 0 Å². The first kappa shape index (κ1) is 21.6. The Bertz CT molecular complexity index is 1090. The Labute approximate surface area is 178 Å². The molecule has 0 aliphatic heterocycles. The first-order chi connectivity index (χ1) is 14.3. The Morgan fingerprint density at radius 2 is 1.37 bits per heavy atom. The van der Waals surface area contributed by atoms with Crippen molar-refractivity contribution in [1.29, 1.82) is 0 Å². The molecule has 0 spiro atoms. The molecule has 0 unspecified atom stereocenters. The predicted octanol–water partition coefficient (Wildman–Crippen LogP) is 4.47. The molecule has 156 valence electrons. The van der Waals surface area contributed by atoms with Crippen molar-refractivity contribution >= 4 is 21.6 Å². The van der Waals surface area contributed by atoms with E-state index < -0.39 is 10.0 Å². The lowest BCUT2D eigenvalue weighted by atomic mass is 10.1. The summed E-state index contributed by atoms with van der Waals surface area (Å²) in [6, 6.07) is 21.4. The van der Waals surface area contributed by atoms with Gasteiger partial charge in [0.05, 0.1) is 4.90 Å². The number of carbonyl (C=O) groups excluding carboxylic acids is 1. The van der Waals surface area contributed by atoms with Crippen molar-refractivity contribution < 1.29 is 13.2 Å². The molecule has 0 atom stereocenters. The number of anilines is 1. The number of sulfonamides is 1. The van der Waals surface area contributed by atoms with Gasteiger partial charge in [-0.15, -0.1) is 0 Å². The van der Waals surface area contributed by atoms with Crippen LogP contribution in [-0.2, 0) is 16.4 Å². The highest BCUT2D eigenvalue weighted by Crippen LogP contribution is 2.17. The van der Waals surface area contributed by atoms with Gasteiger partial charge in [-0.1, -0.05) is 47.5 Å². The Hall–Kier alpha value is -3.12. The summed E-state index contributed by atoms with van der Waals surface area (Å²) in [5.74, 6) is -0.174. The first-order valence-electron chi connectivity index (χ1n) is 9.87. The molecule has 0 heterocycles. The summed E-state index contributed by atoms with van der Waals surface area (Å²) in [6.45, 7) is 4.54. The van der Waals surface area contributed by atoms with E-state index in [1.807, 2.05) is 6.92 Å². The number of benzene rings is 3. The minimum absolute atomic E-state index is 0.174. The number of hydrogen-bond acceptors (Lipinski definition) is 3. The first-order valence-corrected chi connectivity index (χ1v) is 11.4. The van der Waals surface area contributed by atoms with Gasteiger partial charge in [0.2, 0.25) is 0 Å². The van der Waals surface area contributed by atoms with E-state index in [4.69, 9.17) is 0 Å². The number of rotatable bonds is 8. The fourth-order valence-electron chi connectivity index (χ4n) is 2.97. The topological polar surface area (TPSA) is 75.3 Å². The summed E-state index contributed by atoms with van der Waals surface area (Å²) < 4.78 is 27.4. The SMILES string of the molecule is Cc1ccc(CCCNC(=O)c2ccc(NS(=O)(=O)c3ccc(C)cc3)cc2)cc1. The fraction of sp³-hybridized carbons (Fsp3) is 0.208. The third-order valence-corrected chi connectivity index (χ3v) is 6.18. The summed E-state index contributed by atoms with van der Waals surface area (Å²) in [4.78, 5) is 12.5. The van der Waals surface area contributed by atoms with Gasteiger partial charge in [0.15, 0.2) is 0 Å². The van der Waals surface area contributed by atoms with Crippen molar-refractivity contribution in [2.45, 2.75) is 31.6 Å². The third-order valence-electron chi connectivity index (χ3n) is 4.78. The van der Waals surface area contributed by atoms with E-state index in [-0.39, 0.29) is 10.8 Å². The number of hydrogen-bond donors (Lipinski definition) is 2. The molecular formula is C24H26N2O3S. The monoisotopic (exact) mass is 422 g/mol. The molecule has 3 aromatic carbocycles. The van der Waals surface area contributed by atoms with Crippen molar-refractivity contribution in [2.24, 2.45) is 0 Å². The predicted molar refractivity (Wildman–Crippen MR) is 120 cm³/mol. The number of nitrogens with one attached hydrogen (secondary N) is 2. The molecule has 3 rings (SSSR count). The molecule has 0 saturated carbocycles. The van der Waals surface area contributed by atoms with E-state index >= 15 is 0 Å². The van der Waals surface area contributed by atoms with E-state index in [9.17, 15) is 13.2 Å². The number of carbonyl (C=O) groups is 1. The smallest absolute Gasteiger partial charge is 0.261 e. The van der Waals surface area contributed by atoms with Crippen molar-refractivity contribution in [3.63, 3.8) is 0 Å². The summed E-state index contributed by atoms with van der Waals surface area (Å²) in [6.07, 6.45) is 1.75. The molecule has 0 saturated heterocycles. The molecule has 30 heavy (non-hydrogen) atoms. The van der Waals surface area contributed by atoms with Gasteiger partial charge in [-0.05, 0) is 68.7 Å². The van der Waals surface area contributed by atoms with Gasteiger partial charge in [-0.25, -0.2) is 8.42 Å². The summed E-state index contributed by atoms with van der Waals surface area (Å²) >= 11 is 0. The summed E-state index contributed by atoms with van der Waals surface area (Å²) in [7, 11) is -3.66. The van der Waals surface area contributed by atoms with E-state index in [0.29, 0.717) is 17.8 Å². The quantitative estimate of drug-likeness (QED) is 0.526. The Morgan fingerprint density at radius 3 is 1.97 bits per heavy atom. The molecule has 0 aromatic heterocycles. The van der Waals surface area contributed by atoms with Crippen LogP contribution >= 0.6 is 0 Å². The Morgan fingerprint density at radius 1 is 0.800 bits per heavy atom. The van der Waals surface area contributed by atoms with Gasteiger partial charge in [0, 0.05) is 17.8 Å². The zero-order valence-electron chi connectivity index (χ0n) is 17.2. The highest BCUT2D eigenvalue weighted by Gasteiger charge is 2.14. The average molecular weight is 423 g/mol. The second-order valence-electron chi connectivity index (χ2n) is 7.34. The molecule has 0 fully saturated rings. The lowest BCUT2D eigenvalue weighted by Gasteiger charge is -2.10. The van der Waals surface area contributed by atoms with Crippen LogP contribution in [0.5, 0.6) is 0 Å². The molecule has 1 amide bonds. The lowest BCUT2D eigenvalue weighted by molar-refractivity contribution is 0.0953. The standard InChI is InChI=1S/C24H26N2O3S/c1-18-5-9-20(10-6-18)4-3-17-25-24(27)21-11-13-22(14-12-21)26-30(28,29)23-15-7-19(2)8-16-23/h5-16,26H,3-4,17H2,1-2H3,(H,25,27).